The SMILES string of the molecule is Cc1cccc(C(=O)N(CC2CC2)C2CC2)c1I. The summed E-state index contributed by atoms with van der Waals surface area (Å²) in [5, 5.41) is 0. The number of hydrogen-bond acceptors (Lipinski definition) is 1. The zero-order valence-electron chi connectivity index (χ0n) is 10.7. The largest absolute Gasteiger partial charge is 0.335 e. The van der Waals surface area contributed by atoms with Crippen LogP contribution in [0.1, 0.15) is 41.6 Å². The average molecular weight is 355 g/mol. The Labute approximate surface area is 122 Å². The molecule has 3 heteroatoms. The summed E-state index contributed by atoms with van der Waals surface area (Å²) in [4.78, 5) is 14.8. The molecule has 0 unspecified atom stereocenters. The van der Waals surface area contributed by atoms with Gasteiger partial charge < -0.3 is 4.90 Å². The Morgan fingerprint density at radius 3 is 2.67 bits per heavy atom. The number of halogens is 1. The fourth-order valence-electron chi connectivity index (χ4n) is 2.33. The van der Waals surface area contributed by atoms with Crippen LogP contribution in [0.5, 0.6) is 0 Å². The normalized spacial score (nSPS) is 18.8. The third-order valence-corrected chi connectivity index (χ3v) is 5.25. The number of carbonyl (C=O) groups is 1. The lowest BCUT2D eigenvalue weighted by molar-refractivity contribution is 0.0733. The first-order valence-corrected chi connectivity index (χ1v) is 7.81. The van der Waals surface area contributed by atoms with Crippen molar-refractivity contribution in [2.24, 2.45) is 5.92 Å². The molecule has 18 heavy (non-hydrogen) atoms. The zero-order valence-corrected chi connectivity index (χ0v) is 12.8. The van der Waals surface area contributed by atoms with Crippen molar-refractivity contribution in [2.45, 2.75) is 38.6 Å². The summed E-state index contributed by atoms with van der Waals surface area (Å²) in [7, 11) is 0. The third kappa shape index (κ3) is 2.56. The van der Waals surface area contributed by atoms with Crippen molar-refractivity contribution < 1.29 is 4.79 Å². The average Bonchev–Trinajstić information content (AvgIpc) is 3.22. The van der Waals surface area contributed by atoms with Crippen LogP contribution in [0.3, 0.4) is 0 Å². The fourth-order valence-corrected chi connectivity index (χ4v) is 2.92. The quantitative estimate of drug-likeness (QED) is 0.756. The summed E-state index contributed by atoms with van der Waals surface area (Å²) in [6.45, 7) is 3.05. The van der Waals surface area contributed by atoms with Crippen molar-refractivity contribution >= 4 is 28.5 Å². The van der Waals surface area contributed by atoms with E-state index in [0.29, 0.717) is 6.04 Å². The summed E-state index contributed by atoms with van der Waals surface area (Å²) in [6, 6.07) is 6.56. The van der Waals surface area contributed by atoms with Crippen molar-refractivity contribution in [3.05, 3.63) is 32.9 Å². The number of carbonyl (C=O) groups excluding carboxylic acids is 1. The summed E-state index contributed by atoms with van der Waals surface area (Å²) < 4.78 is 1.11. The number of hydrogen-bond donors (Lipinski definition) is 0. The number of amides is 1. The standard InChI is InChI=1S/C15H18INO/c1-10-3-2-4-13(14(10)16)15(18)17(12-7-8-12)9-11-5-6-11/h2-4,11-12H,5-9H2,1H3. The van der Waals surface area contributed by atoms with Gasteiger partial charge in [0.1, 0.15) is 0 Å². The van der Waals surface area contributed by atoms with E-state index in [1.165, 1.54) is 31.2 Å². The van der Waals surface area contributed by atoms with Crippen LogP contribution in [0, 0.1) is 16.4 Å². The van der Waals surface area contributed by atoms with Gasteiger partial charge in [-0.05, 0) is 72.7 Å². The van der Waals surface area contributed by atoms with Crippen LogP contribution in [-0.2, 0) is 0 Å². The van der Waals surface area contributed by atoms with Crippen LogP contribution in [-0.4, -0.2) is 23.4 Å². The maximum absolute atomic E-state index is 12.7. The van der Waals surface area contributed by atoms with Crippen molar-refractivity contribution in [1.29, 1.82) is 0 Å². The molecule has 1 amide bonds. The molecule has 1 aromatic carbocycles. The molecular formula is C15H18INO. The highest BCUT2D eigenvalue weighted by molar-refractivity contribution is 14.1. The minimum absolute atomic E-state index is 0.248. The van der Waals surface area contributed by atoms with Gasteiger partial charge in [-0.15, -0.1) is 0 Å². The molecule has 2 saturated carbocycles. The molecule has 0 spiro atoms. The molecule has 0 atom stereocenters. The van der Waals surface area contributed by atoms with Crippen LogP contribution in [0.2, 0.25) is 0 Å². The lowest BCUT2D eigenvalue weighted by Gasteiger charge is -2.23. The first kappa shape index (κ1) is 12.5. The lowest BCUT2D eigenvalue weighted by Crippen LogP contribution is -2.35. The Bertz CT molecular complexity index is 477. The molecule has 0 aromatic heterocycles. The Morgan fingerprint density at radius 2 is 2.06 bits per heavy atom. The third-order valence-electron chi connectivity index (χ3n) is 3.82. The van der Waals surface area contributed by atoms with Gasteiger partial charge in [-0.2, -0.15) is 0 Å². The van der Waals surface area contributed by atoms with Gasteiger partial charge in [0.15, 0.2) is 0 Å². The van der Waals surface area contributed by atoms with Crippen molar-refractivity contribution in [1.82, 2.24) is 4.90 Å². The van der Waals surface area contributed by atoms with E-state index in [4.69, 9.17) is 0 Å². The van der Waals surface area contributed by atoms with Gasteiger partial charge in [-0.25, -0.2) is 0 Å². The van der Waals surface area contributed by atoms with Crippen molar-refractivity contribution in [3.63, 3.8) is 0 Å². The van der Waals surface area contributed by atoms with E-state index in [-0.39, 0.29) is 5.91 Å². The maximum atomic E-state index is 12.7. The van der Waals surface area contributed by atoms with Gasteiger partial charge in [0.2, 0.25) is 0 Å². The highest BCUT2D eigenvalue weighted by atomic mass is 127. The first-order valence-electron chi connectivity index (χ1n) is 6.73. The summed E-state index contributed by atoms with van der Waals surface area (Å²) >= 11 is 2.30. The second-order valence-electron chi connectivity index (χ2n) is 5.57. The lowest BCUT2D eigenvalue weighted by atomic mass is 10.1. The highest BCUT2D eigenvalue weighted by Gasteiger charge is 2.37. The Kier molecular flexibility index (Phi) is 3.34. The molecule has 2 aliphatic rings. The van der Waals surface area contributed by atoms with Gasteiger partial charge in [-0.1, -0.05) is 12.1 Å². The number of aryl methyl sites for hydroxylation is 1. The van der Waals surface area contributed by atoms with Crippen LogP contribution in [0.4, 0.5) is 0 Å². The van der Waals surface area contributed by atoms with Crippen LogP contribution >= 0.6 is 22.6 Å². The van der Waals surface area contributed by atoms with Crippen molar-refractivity contribution in [3.8, 4) is 0 Å². The molecule has 3 rings (SSSR count). The molecule has 0 heterocycles. The molecule has 2 nitrogen and oxygen atoms in total. The van der Waals surface area contributed by atoms with Crippen LogP contribution in [0.25, 0.3) is 0 Å². The molecule has 96 valence electrons. The maximum Gasteiger partial charge on any atom is 0.255 e. The minimum Gasteiger partial charge on any atom is -0.335 e. The monoisotopic (exact) mass is 355 g/mol. The smallest absolute Gasteiger partial charge is 0.255 e. The molecule has 2 fully saturated rings. The van der Waals surface area contributed by atoms with Gasteiger partial charge >= 0.3 is 0 Å². The van der Waals surface area contributed by atoms with E-state index in [0.717, 1.165) is 21.6 Å². The topological polar surface area (TPSA) is 20.3 Å². The molecule has 0 N–H and O–H groups in total. The number of nitrogens with zero attached hydrogens (tertiary/aromatic N) is 1. The molecular weight excluding hydrogens is 337 g/mol. The van der Waals surface area contributed by atoms with E-state index in [2.05, 4.69) is 40.5 Å². The van der Waals surface area contributed by atoms with Gasteiger partial charge in [0.25, 0.3) is 5.91 Å². The second kappa shape index (κ2) is 4.83. The van der Waals surface area contributed by atoms with Gasteiger partial charge in [-0.3, -0.25) is 4.79 Å². The summed E-state index contributed by atoms with van der Waals surface area (Å²) in [5.41, 5.74) is 2.09. The van der Waals surface area contributed by atoms with E-state index < -0.39 is 0 Å². The van der Waals surface area contributed by atoms with Crippen molar-refractivity contribution in [2.75, 3.05) is 6.54 Å². The Morgan fingerprint density at radius 1 is 1.33 bits per heavy atom. The second-order valence-corrected chi connectivity index (χ2v) is 6.65. The van der Waals surface area contributed by atoms with E-state index in [9.17, 15) is 4.79 Å². The summed E-state index contributed by atoms with van der Waals surface area (Å²) in [5.74, 6) is 1.02. The molecule has 1 aromatic rings. The predicted molar refractivity (Wildman–Crippen MR) is 80.7 cm³/mol. The molecule has 2 aliphatic carbocycles. The predicted octanol–water partition coefficient (Wildman–Crippen LogP) is 3.61. The Hall–Kier alpha value is -0.580. The van der Waals surface area contributed by atoms with Gasteiger partial charge in [0, 0.05) is 16.2 Å². The fraction of sp³-hybridized carbons (Fsp3) is 0.533. The number of rotatable bonds is 4. The van der Waals surface area contributed by atoms with E-state index >= 15 is 0 Å². The summed E-state index contributed by atoms with van der Waals surface area (Å²) in [6.07, 6.45) is 5.00. The highest BCUT2D eigenvalue weighted by Crippen LogP contribution is 2.36. The van der Waals surface area contributed by atoms with Crippen LogP contribution in [0.15, 0.2) is 18.2 Å². The van der Waals surface area contributed by atoms with E-state index in [1.54, 1.807) is 0 Å². The molecule has 0 aliphatic heterocycles. The molecule has 0 bridgehead atoms. The Balaban J connectivity index is 1.84. The first-order chi connectivity index (χ1) is 8.66. The minimum atomic E-state index is 0.248. The number of benzene rings is 1. The molecule has 0 saturated heterocycles. The van der Waals surface area contributed by atoms with Crippen LogP contribution < -0.4 is 0 Å². The zero-order chi connectivity index (χ0) is 12.7. The van der Waals surface area contributed by atoms with Gasteiger partial charge in [0.05, 0.1) is 5.56 Å². The molecule has 0 radical (unpaired) electrons. The van der Waals surface area contributed by atoms with E-state index in [1.807, 2.05) is 12.1 Å².